The maximum atomic E-state index is 14.4. The third-order valence-electron chi connectivity index (χ3n) is 5.72. The van der Waals surface area contributed by atoms with Gasteiger partial charge in [0.05, 0.1) is 49.5 Å². The molecular weight excluding hydrogens is 441 g/mol. The zero-order valence-corrected chi connectivity index (χ0v) is 18.8. The summed E-state index contributed by atoms with van der Waals surface area (Å²) in [7, 11) is 4.43. The number of fused-ring (bicyclic) bond motifs is 2. The molecule has 0 saturated heterocycles. The molecule has 1 aromatic carbocycles. The molecule has 4 aromatic rings. The second kappa shape index (κ2) is 8.54. The molecule has 0 bridgehead atoms. The summed E-state index contributed by atoms with van der Waals surface area (Å²) in [6.07, 6.45) is 2.27. The van der Waals surface area contributed by atoms with Gasteiger partial charge in [-0.25, -0.2) is 9.37 Å². The number of benzene rings is 1. The lowest BCUT2D eigenvalue weighted by atomic mass is 10.0. The van der Waals surface area contributed by atoms with E-state index in [1.54, 1.807) is 30.5 Å². The van der Waals surface area contributed by atoms with Gasteiger partial charge in [0, 0.05) is 36.5 Å². The van der Waals surface area contributed by atoms with E-state index in [2.05, 4.69) is 25.6 Å². The second-order valence-electron chi connectivity index (χ2n) is 7.61. The summed E-state index contributed by atoms with van der Waals surface area (Å²) in [5.41, 5.74) is 4.52. The smallest absolute Gasteiger partial charge is 0.257 e. The Morgan fingerprint density at radius 2 is 1.97 bits per heavy atom. The molecule has 10 heteroatoms. The van der Waals surface area contributed by atoms with E-state index in [1.165, 1.54) is 27.4 Å². The number of nitrogens with one attached hydrogen (secondary N) is 3. The van der Waals surface area contributed by atoms with Gasteiger partial charge in [0.15, 0.2) is 17.3 Å². The van der Waals surface area contributed by atoms with E-state index in [1.807, 2.05) is 0 Å². The van der Waals surface area contributed by atoms with Gasteiger partial charge < -0.3 is 29.8 Å². The Bertz CT molecular complexity index is 1420. The number of pyridine rings is 2. The predicted octanol–water partition coefficient (Wildman–Crippen LogP) is 3.82. The number of anilines is 2. The van der Waals surface area contributed by atoms with Crippen molar-refractivity contribution in [3.63, 3.8) is 0 Å². The topological polar surface area (TPSA) is 110 Å². The molecule has 3 aromatic heterocycles. The van der Waals surface area contributed by atoms with Crippen molar-refractivity contribution >= 4 is 28.3 Å². The highest BCUT2D eigenvalue weighted by Gasteiger charge is 2.29. The van der Waals surface area contributed by atoms with Crippen molar-refractivity contribution in [1.82, 2.24) is 20.3 Å². The molecule has 0 unspecified atom stereocenters. The Kier molecular flexibility index (Phi) is 5.40. The molecule has 0 fully saturated rings. The largest absolute Gasteiger partial charge is 0.492 e. The third-order valence-corrected chi connectivity index (χ3v) is 5.72. The molecule has 34 heavy (non-hydrogen) atoms. The van der Waals surface area contributed by atoms with Crippen molar-refractivity contribution in [2.45, 2.75) is 6.42 Å². The highest BCUT2D eigenvalue weighted by molar-refractivity contribution is 6.08. The normalized spacial score (nSPS) is 12.8. The van der Waals surface area contributed by atoms with Crippen molar-refractivity contribution in [3.8, 4) is 28.6 Å². The number of methoxy groups -OCH3 is 3. The Labute approximate surface area is 194 Å². The Balaban J connectivity index is 1.76. The minimum atomic E-state index is -0.518. The van der Waals surface area contributed by atoms with Crippen LogP contribution in [0.2, 0.25) is 0 Å². The van der Waals surface area contributed by atoms with Crippen LogP contribution in [0.1, 0.15) is 16.1 Å². The number of aromatic nitrogens is 3. The number of aromatic amines is 1. The van der Waals surface area contributed by atoms with Gasteiger partial charge in [-0.3, -0.25) is 9.78 Å². The third kappa shape index (κ3) is 3.43. The molecule has 174 valence electrons. The first-order valence-electron chi connectivity index (χ1n) is 10.6. The van der Waals surface area contributed by atoms with Gasteiger partial charge in [-0.2, -0.15) is 0 Å². The van der Waals surface area contributed by atoms with Crippen LogP contribution in [-0.4, -0.2) is 48.7 Å². The lowest BCUT2D eigenvalue weighted by Crippen LogP contribution is -2.31. The van der Waals surface area contributed by atoms with Crippen molar-refractivity contribution < 1.29 is 23.4 Å². The number of rotatable bonds is 6. The average Bonchev–Trinajstić information content (AvgIpc) is 3.22. The van der Waals surface area contributed by atoms with Crippen LogP contribution in [0.4, 0.5) is 15.8 Å². The van der Waals surface area contributed by atoms with Crippen molar-refractivity contribution in [3.05, 3.63) is 53.6 Å². The number of nitrogens with zero attached hydrogens (tertiary/aromatic N) is 2. The van der Waals surface area contributed by atoms with Crippen LogP contribution >= 0.6 is 0 Å². The number of halogens is 1. The zero-order valence-electron chi connectivity index (χ0n) is 18.8. The molecule has 3 N–H and O–H groups in total. The monoisotopic (exact) mass is 463 g/mol. The van der Waals surface area contributed by atoms with Crippen molar-refractivity contribution in [1.29, 1.82) is 0 Å². The molecular formula is C24H22FN5O4. The Morgan fingerprint density at radius 1 is 1.12 bits per heavy atom. The van der Waals surface area contributed by atoms with Gasteiger partial charge in [-0.05, 0) is 18.2 Å². The molecule has 0 saturated carbocycles. The van der Waals surface area contributed by atoms with Crippen LogP contribution in [0.25, 0.3) is 22.3 Å². The number of carbonyl (C=O) groups is 1. The highest BCUT2D eigenvalue weighted by atomic mass is 19.1. The standard InChI is InChI=1S/C24H22FN5O4/c1-32-17-11-16-19(30-24(17)34-3)12(7-9-26-16)20-21(18-14(28-20)8-10-27-23(18)31)29-15-6-4-5-13(25)22(15)33-2/h4-7,9,11,28-29H,8,10H2,1-3H3,(H,27,31). The number of carbonyl (C=O) groups excluding carboxylic acids is 1. The summed E-state index contributed by atoms with van der Waals surface area (Å²) < 4.78 is 30.4. The number of para-hydroxylation sites is 1. The maximum absolute atomic E-state index is 14.4. The van der Waals surface area contributed by atoms with E-state index < -0.39 is 5.82 Å². The first kappa shape index (κ1) is 21.5. The fourth-order valence-electron chi connectivity index (χ4n) is 4.19. The molecule has 5 rings (SSSR count). The average molecular weight is 463 g/mol. The van der Waals surface area contributed by atoms with Crippen LogP contribution in [0.15, 0.2) is 36.5 Å². The number of amides is 1. The fraction of sp³-hybridized carbons (Fsp3) is 0.208. The molecule has 1 amide bonds. The lowest BCUT2D eigenvalue weighted by Gasteiger charge is -2.17. The maximum Gasteiger partial charge on any atom is 0.257 e. The van der Waals surface area contributed by atoms with Crippen LogP contribution in [0.5, 0.6) is 17.4 Å². The Morgan fingerprint density at radius 3 is 2.74 bits per heavy atom. The Hall–Kier alpha value is -4.34. The van der Waals surface area contributed by atoms with Crippen molar-refractivity contribution in [2.24, 2.45) is 0 Å². The van der Waals surface area contributed by atoms with Gasteiger partial charge in [0.25, 0.3) is 11.8 Å². The first-order valence-corrected chi connectivity index (χ1v) is 10.6. The van der Waals surface area contributed by atoms with Gasteiger partial charge in [0.2, 0.25) is 0 Å². The first-order chi connectivity index (χ1) is 16.5. The van der Waals surface area contributed by atoms with Gasteiger partial charge in [-0.1, -0.05) is 6.07 Å². The van der Waals surface area contributed by atoms with E-state index in [-0.39, 0.29) is 11.7 Å². The minimum Gasteiger partial charge on any atom is -0.492 e. The SMILES string of the molecule is COc1cc2nccc(-c3[nH]c4c(c3Nc3cccc(F)c3OC)C(=O)NCC4)c2nc1OC. The number of ether oxygens (including phenoxy) is 3. The van der Waals surface area contributed by atoms with Crippen LogP contribution in [0.3, 0.4) is 0 Å². The van der Waals surface area contributed by atoms with Crippen LogP contribution in [-0.2, 0) is 6.42 Å². The number of hydrogen-bond acceptors (Lipinski definition) is 7. The van der Waals surface area contributed by atoms with Gasteiger partial charge >= 0.3 is 0 Å². The van der Waals surface area contributed by atoms with E-state index in [0.29, 0.717) is 63.8 Å². The molecule has 1 aliphatic heterocycles. The summed E-state index contributed by atoms with van der Waals surface area (Å²) in [6, 6.07) is 8.10. The zero-order chi connectivity index (χ0) is 23.8. The van der Waals surface area contributed by atoms with Crippen LogP contribution < -0.4 is 24.8 Å². The molecule has 0 aliphatic carbocycles. The highest BCUT2D eigenvalue weighted by Crippen LogP contribution is 2.41. The predicted molar refractivity (Wildman–Crippen MR) is 125 cm³/mol. The van der Waals surface area contributed by atoms with E-state index >= 15 is 0 Å². The molecule has 0 radical (unpaired) electrons. The lowest BCUT2D eigenvalue weighted by molar-refractivity contribution is 0.0947. The van der Waals surface area contributed by atoms with E-state index in [9.17, 15) is 9.18 Å². The summed E-state index contributed by atoms with van der Waals surface area (Å²) in [5, 5.41) is 6.10. The van der Waals surface area contributed by atoms with Gasteiger partial charge in [0.1, 0.15) is 5.52 Å². The molecule has 0 atom stereocenters. The molecule has 4 heterocycles. The van der Waals surface area contributed by atoms with Crippen molar-refractivity contribution in [2.75, 3.05) is 33.2 Å². The van der Waals surface area contributed by atoms with Crippen LogP contribution in [0, 0.1) is 5.82 Å². The fourth-order valence-corrected chi connectivity index (χ4v) is 4.19. The summed E-state index contributed by atoms with van der Waals surface area (Å²) in [5.74, 6) is 0.0546. The second-order valence-corrected chi connectivity index (χ2v) is 7.61. The molecule has 9 nitrogen and oxygen atoms in total. The summed E-state index contributed by atoms with van der Waals surface area (Å²) in [4.78, 5) is 25.3. The van der Waals surface area contributed by atoms with E-state index in [4.69, 9.17) is 14.2 Å². The quantitative estimate of drug-likeness (QED) is 0.399. The van der Waals surface area contributed by atoms with Gasteiger partial charge in [-0.15, -0.1) is 0 Å². The summed E-state index contributed by atoms with van der Waals surface area (Å²) >= 11 is 0. The number of hydrogen-bond donors (Lipinski definition) is 3. The number of H-pyrrole nitrogens is 1. The molecule has 0 spiro atoms. The van der Waals surface area contributed by atoms with E-state index in [0.717, 1.165) is 5.69 Å². The summed E-state index contributed by atoms with van der Waals surface area (Å²) in [6.45, 7) is 0.509. The molecule has 1 aliphatic rings. The minimum absolute atomic E-state index is 0.0451.